The summed E-state index contributed by atoms with van der Waals surface area (Å²) in [5.74, 6) is 0.953. The maximum atomic E-state index is 5.48. The first-order valence-electron chi connectivity index (χ1n) is 6.99. The Bertz CT molecular complexity index is 525. The molecule has 0 spiro atoms. The number of rotatable bonds is 7. The highest BCUT2D eigenvalue weighted by Gasteiger charge is 2.16. The molecule has 108 valence electrons. The quantitative estimate of drug-likeness (QED) is 0.843. The third-order valence-electron chi connectivity index (χ3n) is 3.31. The van der Waals surface area contributed by atoms with Crippen LogP contribution in [0.25, 0.3) is 0 Å². The van der Waals surface area contributed by atoms with Crippen molar-refractivity contribution in [2.45, 2.75) is 32.7 Å². The van der Waals surface area contributed by atoms with E-state index in [1.165, 1.54) is 11.1 Å². The number of hydrogen-bond donors (Lipinski definition) is 1. The van der Waals surface area contributed by atoms with E-state index in [0.717, 1.165) is 30.8 Å². The van der Waals surface area contributed by atoms with Gasteiger partial charge in [0, 0.05) is 5.38 Å². The van der Waals surface area contributed by atoms with Gasteiger partial charge in [-0.1, -0.05) is 24.6 Å². The molecule has 2 aromatic rings. The molecule has 1 aromatic heterocycles. The highest BCUT2D eigenvalue weighted by atomic mass is 32.1. The molecular formula is C16H22N2OS. The molecule has 1 unspecified atom stereocenters. The number of aryl methyl sites for hydroxylation is 1. The summed E-state index contributed by atoms with van der Waals surface area (Å²) in [4.78, 5) is 4.46. The zero-order valence-electron chi connectivity index (χ0n) is 12.3. The molecule has 1 heterocycles. The van der Waals surface area contributed by atoms with Crippen LogP contribution in [-0.2, 0) is 6.42 Å². The van der Waals surface area contributed by atoms with Crippen LogP contribution in [0.5, 0.6) is 5.75 Å². The van der Waals surface area contributed by atoms with E-state index in [2.05, 4.69) is 41.7 Å². The van der Waals surface area contributed by atoms with Gasteiger partial charge >= 0.3 is 0 Å². The molecule has 0 bridgehead atoms. The minimum absolute atomic E-state index is 0.247. The number of thiazole rings is 1. The van der Waals surface area contributed by atoms with E-state index in [1.807, 2.05) is 11.6 Å². The lowest BCUT2D eigenvalue weighted by molar-refractivity contribution is 0.404. The Hall–Kier alpha value is -1.39. The van der Waals surface area contributed by atoms with Crippen LogP contribution in [0.4, 0.5) is 0 Å². The Labute approximate surface area is 125 Å². The van der Waals surface area contributed by atoms with Gasteiger partial charge in [0.2, 0.25) is 0 Å². The van der Waals surface area contributed by atoms with Crippen molar-refractivity contribution in [3.05, 3.63) is 45.9 Å². The summed E-state index contributed by atoms with van der Waals surface area (Å²) in [6, 6.07) is 6.57. The van der Waals surface area contributed by atoms with Crippen molar-refractivity contribution in [2.24, 2.45) is 0 Å². The lowest BCUT2D eigenvalue weighted by atomic mass is 10.0. The van der Waals surface area contributed by atoms with Gasteiger partial charge < -0.3 is 10.1 Å². The number of methoxy groups -OCH3 is 1. The van der Waals surface area contributed by atoms with Crippen LogP contribution < -0.4 is 10.1 Å². The van der Waals surface area contributed by atoms with E-state index in [4.69, 9.17) is 4.74 Å². The standard InChI is InChI=1S/C16H22N2OS/c1-4-7-17-14(15-10-20-11-18-15)9-13-8-12(2)5-6-16(13)19-3/h5-6,8,10-11,14,17H,4,7,9H2,1-3H3. The zero-order valence-corrected chi connectivity index (χ0v) is 13.2. The van der Waals surface area contributed by atoms with E-state index in [0.29, 0.717) is 0 Å². The van der Waals surface area contributed by atoms with Gasteiger partial charge in [-0.3, -0.25) is 0 Å². The SMILES string of the molecule is CCCNC(Cc1cc(C)ccc1OC)c1cscn1. The van der Waals surface area contributed by atoms with Crippen LogP contribution in [0.3, 0.4) is 0 Å². The van der Waals surface area contributed by atoms with Crippen molar-refractivity contribution < 1.29 is 4.74 Å². The molecule has 0 aliphatic rings. The Morgan fingerprint density at radius 1 is 1.40 bits per heavy atom. The number of ether oxygens (including phenoxy) is 1. The Morgan fingerprint density at radius 3 is 2.90 bits per heavy atom. The van der Waals surface area contributed by atoms with E-state index < -0.39 is 0 Å². The molecule has 0 radical (unpaired) electrons. The molecule has 1 atom stereocenters. The van der Waals surface area contributed by atoms with Crippen LogP contribution in [0.2, 0.25) is 0 Å². The third-order valence-corrected chi connectivity index (χ3v) is 3.91. The molecule has 0 saturated heterocycles. The second-order valence-corrected chi connectivity index (χ2v) is 5.66. The van der Waals surface area contributed by atoms with Gasteiger partial charge in [0.25, 0.3) is 0 Å². The van der Waals surface area contributed by atoms with Crippen molar-refractivity contribution in [1.82, 2.24) is 10.3 Å². The summed E-state index contributed by atoms with van der Waals surface area (Å²) in [5.41, 5.74) is 5.50. The second-order valence-electron chi connectivity index (χ2n) is 4.94. The zero-order chi connectivity index (χ0) is 14.4. The minimum Gasteiger partial charge on any atom is -0.496 e. The lowest BCUT2D eigenvalue weighted by Gasteiger charge is -2.18. The summed E-state index contributed by atoms with van der Waals surface area (Å²) < 4.78 is 5.48. The Kier molecular flexibility index (Phi) is 5.56. The number of aromatic nitrogens is 1. The van der Waals surface area contributed by atoms with Crippen molar-refractivity contribution >= 4 is 11.3 Å². The van der Waals surface area contributed by atoms with Crippen LogP contribution in [0.15, 0.2) is 29.1 Å². The highest BCUT2D eigenvalue weighted by Crippen LogP contribution is 2.26. The number of benzene rings is 1. The van der Waals surface area contributed by atoms with Crippen molar-refractivity contribution in [3.8, 4) is 5.75 Å². The molecule has 1 N–H and O–H groups in total. The fraction of sp³-hybridized carbons (Fsp3) is 0.438. The molecule has 4 heteroatoms. The van der Waals surface area contributed by atoms with Gasteiger partial charge in [-0.15, -0.1) is 11.3 Å². The Morgan fingerprint density at radius 2 is 2.25 bits per heavy atom. The normalized spacial score (nSPS) is 12.3. The highest BCUT2D eigenvalue weighted by molar-refractivity contribution is 7.07. The molecule has 0 amide bonds. The summed E-state index contributed by atoms with van der Waals surface area (Å²) in [7, 11) is 1.73. The van der Waals surface area contributed by atoms with Crippen LogP contribution in [-0.4, -0.2) is 18.6 Å². The lowest BCUT2D eigenvalue weighted by Crippen LogP contribution is -2.24. The summed E-state index contributed by atoms with van der Waals surface area (Å²) in [6.07, 6.45) is 2.01. The number of hydrogen-bond acceptors (Lipinski definition) is 4. The first kappa shape index (κ1) is 15.0. The predicted molar refractivity (Wildman–Crippen MR) is 84.6 cm³/mol. The number of nitrogens with one attached hydrogen (secondary N) is 1. The van der Waals surface area contributed by atoms with E-state index >= 15 is 0 Å². The van der Waals surface area contributed by atoms with Crippen molar-refractivity contribution in [2.75, 3.05) is 13.7 Å². The third kappa shape index (κ3) is 3.81. The summed E-state index contributed by atoms with van der Waals surface area (Å²) in [6.45, 7) is 5.29. The Balaban J connectivity index is 2.21. The minimum atomic E-state index is 0.247. The fourth-order valence-electron chi connectivity index (χ4n) is 2.28. The summed E-state index contributed by atoms with van der Waals surface area (Å²) in [5, 5.41) is 5.70. The van der Waals surface area contributed by atoms with E-state index in [9.17, 15) is 0 Å². The smallest absolute Gasteiger partial charge is 0.122 e. The maximum absolute atomic E-state index is 5.48. The van der Waals surface area contributed by atoms with Gasteiger partial charge in [0.1, 0.15) is 5.75 Å². The second kappa shape index (κ2) is 7.41. The first-order chi connectivity index (χ1) is 9.74. The number of nitrogens with zero attached hydrogens (tertiary/aromatic N) is 1. The van der Waals surface area contributed by atoms with E-state index in [-0.39, 0.29) is 6.04 Å². The van der Waals surface area contributed by atoms with Crippen LogP contribution >= 0.6 is 11.3 Å². The molecule has 3 nitrogen and oxygen atoms in total. The van der Waals surface area contributed by atoms with Gasteiger partial charge in [-0.2, -0.15) is 0 Å². The van der Waals surface area contributed by atoms with Crippen molar-refractivity contribution in [1.29, 1.82) is 0 Å². The predicted octanol–water partition coefficient (Wildman–Crippen LogP) is 3.74. The molecule has 20 heavy (non-hydrogen) atoms. The van der Waals surface area contributed by atoms with Crippen molar-refractivity contribution in [3.63, 3.8) is 0 Å². The summed E-state index contributed by atoms with van der Waals surface area (Å²) >= 11 is 1.64. The van der Waals surface area contributed by atoms with Crippen LogP contribution in [0.1, 0.15) is 36.2 Å². The molecule has 0 saturated carbocycles. The average Bonchev–Trinajstić information content (AvgIpc) is 2.97. The molecular weight excluding hydrogens is 268 g/mol. The molecule has 2 rings (SSSR count). The average molecular weight is 290 g/mol. The molecule has 0 fully saturated rings. The van der Waals surface area contributed by atoms with Gasteiger partial charge in [0.15, 0.2) is 0 Å². The monoisotopic (exact) mass is 290 g/mol. The topological polar surface area (TPSA) is 34.1 Å². The first-order valence-corrected chi connectivity index (χ1v) is 7.93. The molecule has 0 aliphatic heterocycles. The maximum Gasteiger partial charge on any atom is 0.122 e. The fourth-order valence-corrected chi connectivity index (χ4v) is 2.89. The van der Waals surface area contributed by atoms with E-state index in [1.54, 1.807) is 18.4 Å². The molecule has 0 aliphatic carbocycles. The van der Waals surface area contributed by atoms with Crippen LogP contribution in [0, 0.1) is 6.92 Å². The van der Waals surface area contributed by atoms with Gasteiger partial charge in [0.05, 0.1) is 24.4 Å². The largest absolute Gasteiger partial charge is 0.496 e. The van der Waals surface area contributed by atoms with Gasteiger partial charge in [-0.25, -0.2) is 4.98 Å². The molecule has 1 aromatic carbocycles. The van der Waals surface area contributed by atoms with Gasteiger partial charge in [-0.05, 0) is 37.9 Å².